The number of hydrogen-bond donors (Lipinski definition) is 0. The van der Waals surface area contributed by atoms with Gasteiger partial charge in [-0.2, -0.15) is 0 Å². The second-order valence-corrected chi connectivity index (χ2v) is 11.5. The number of methoxy groups -OCH3 is 3. The van der Waals surface area contributed by atoms with Crippen molar-refractivity contribution in [1.29, 1.82) is 0 Å². The van der Waals surface area contributed by atoms with E-state index in [1.807, 2.05) is 0 Å². The Morgan fingerprint density at radius 2 is 0.653 bits per heavy atom. The maximum absolute atomic E-state index is 11.6. The summed E-state index contributed by atoms with van der Waals surface area (Å²) in [7, 11) is 4.91. The van der Waals surface area contributed by atoms with Crippen molar-refractivity contribution in [2.24, 2.45) is 0 Å². The molecule has 3 fully saturated rings. The predicted molar refractivity (Wildman–Crippen MR) is 166 cm³/mol. The summed E-state index contributed by atoms with van der Waals surface area (Å²) in [4.78, 5) is 71.2. The molecule has 1 radical (unpaired) electrons. The van der Waals surface area contributed by atoms with Gasteiger partial charge in [0.1, 0.15) is 0 Å². The van der Waals surface area contributed by atoms with Crippen LogP contribution in [0.15, 0.2) is 35.5 Å². The van der Waals surface area contributed by atoms with Gasteiger partial charge in [0.05, 0.1) is 18.3 Å². The Bertz CT molecular complexity index is 1060. The number of ether oxygens (including phenoxy) is 3. The van der Waals surface area contributed by atoms with Crippen LogP contribution in [-0.4, -0.2) is 129 Å². The minimum absolute atomic E-state index is 0. The molecule has 0 aliphatic carbocycles. The Morgan fingerprint density at radius 3 is 0.796 bits per heavy atom. The van der Waals surface area contributed by atoms with E-state index in [1.165, 1.54) is 35.5 Å². The van der Waals surface area contributed by atoms with Gasteiger partial charge in [-0.1, -0.05) is 0 Å². The van der Waals surface area contributed by atoms with Crippen molar-refractivity contribution in [1.82, 2.24) is 14.7 Å². The van der Waals surface area contributed by atoms with Crippen LogP contribution in [0.25, 0.3) is 0 Å². The zero-order valence-electron chi connectivity index (χ0n) is 29.0. The number of amides is 3. The van der Waals surface area contributed by atoms with Crippen LogP contribution in [-0.2, 0) is 60.0 Å². The molecule has 49 heavy (non-hydrogen) atoms. The summed E-state index contributed by atoms with van der Waals surface area (Å²) in [5.74, 6) is -5.17. The fourth-order valence-corrected chi connectivity index (χ4v) is 5.09. The Kier molecular flexibility index (Phi) is 22.0. The van der Waals surface area contributed by atoms with Crippen molar-refractivity contribution in [2.75, 3.05) is 60.6 Å². The third-order valence-electron chi connectivity index (χ3n) is 7.82. The first-order chi connectivity index (χ1) is 22.6. The Labute approximate surface area is 298 Å². The van der Waals surface area contributed by atoms with Gasteiger partial charge < -0.3 is 44.2 Å². The minimum Gasteiger partial charge on any atom is -0.869 e. The average molecular weight is 735 g/mol. The van der Waals surface area contributed by atoms with Gasteiger partial charge in [-0.05, 0) is 94.8 Å². The Morgan fingerprint density at radius 1 is 0.469 bits per heavy atom. The summed E-state index contributed by atoms with van der Waals surface area (Å²) in [6.45, 7) is 6.81. The van der Waals surface area contributed by atoms with Gasteiger partial charge in [-0.3, -0.25) is 28.8 Å². The van der Waals surface area contributed by atoms with Crippen molar-refractivity contribution < 1.29 is 75.4 Å². The van der Waals surface area contributed by atoms with Crippen molar-refractivity contribution >= 4 is 35.1 Å². The molecule has 0 spiro atoms. The summed E-state index contributed by atoms with van der Waals surface area (Å²) >= 11 is 0. The number of rotatable bonds is 9. The first kappa shape index (κ1) is 45.4. The largest absolute Gasteiger partial charge is 3.00 e. The van der Waals surface area contributed by atoms with Gasteiger partial charge in [0, 0.05) is 60.6 Å². The van der Waals surface area contributed by atoms with Crippen LogP contribution in [0, 0.1) is 0 Å². The average Bonchev–Trinajstić information content (AvgIpc) is 3.07. The quantitative estimate of drug-likeness (QED) is 0.149. The van der Waals surface area contributed by atoms with E-state index in [2.05, 4.69) is 0 Å². The zero-order valence-corrected chi connectivity index (χ0v) is 30.1. The smallest absolute Gasteiger partial charge is 0.869 e. The normalized spacial score (nSPS) is 18.2. The van der Waals surface area contributed by atoms with E-state index in [0.29, 0.717) is 39.3 Å². The molecule has 0 saturated carbocycles. The van der Waals surface area contributed by atoms with E-state index >= 15 is 0 Å². The molecular weight excluding hydrogens is 686 g/mol. The van der Waals surface area contributed by atoms with E-state index in [0.717, 1.165) is 56.8 Å². The molecule has 0 bridgehead atoms. The number of carbonyl (C=O) groups excluding carboxylic acids is 6. The molecule has 0 atom stereocenters. The maximum Gasteiger partial charge on any atom is 3.00 e. The standard InChI is InChI=1S/3C11H17NO4.Fe/c3*1-8(13)7-10(14)11(15)12-5-3-9(16-2)4-6-12;/h3*7,9,14H,3-6H2,1-2H3;/q;;;+3/p-3/b3*10-7-;. The zero-order chi connectivity index (χ0) is 36.4. The number of carbonyl (C=O) groups is 6. The second kappa shape index (κ2) is 23.7. The molecule has 3 heterocycles. The third kappa shape index (κ3) is 17.1. The van der Waals surface area contributed by atoms with Gasteiger partial charge >= 0.3 is 17.1 Å². The number of likely N-dealkylation sites (tertiary alicyclic amines) is 3. The van der Waals surface area contributed by atoms with Crippen molar-refractivity contribution in [3.05, 3.63) is 35.5 Å². The van der Waals surface area contributed by atoms with Crippen molar-refractivity contribution in [2.45, 2.75) is 77.6 Å². The van der Waals surface area contributed by atoms with Crippen LogP contribution in [0.1, 0.15) is 59.3 Å². The third-order valence-corrected chi connectivity index (χ3v) is 7.82. The van der Waals surface area contributed by atoms with Crippen LogP contribution in [0.3, 0.4) is 0 Å². The summed E-state index contributed by atoms with van der Waals surface area (Å²) < 4.78 is 15.5. The van der Waals surface area contributed by atoms with Gasteiger partial charge in [0.25, 0.3) is 0 Å². The number of hydrogen-bond acceptors (Lipinski definition) is 12. The summed E-state index contributed by atoms with van der Waals surface area (Å²) in [6.07, 6.45) is 7.39. The topological polar surface area (TPSA) is 209 Å². The number of piperidine rings is 3. The number of ketones is 3. The van der Waals surface area contributed by atoms with E-state index in [1.54, 1.807) is 21.3 Å². The fraction of sp³-hybridized carbons (Fsp3) is 0.636. The Balaban J connectivity index is 0.000000698. The van der Waals surface area contributed by atoms with E-state index < -0.39 is 52.3 Å². The molecule has 15 nitrogen and oxygen atoms in total. The molecule has 0 unspecified atom stereocenters. The second-order valence-electron chi connectivity index (χ2n) is 11.5. The summed E-state index contributed by atoms with van der Waals surface area (Å²) in [5, 5.41) is 33.9. The number of allylic oxidation sites excluding steroid dienone is 3. The number of nitrogens with zero attached hydrogens (tertiary/aromatic N) is 3. The molecule has 0 aromatic carbocycles. The first-order valence-corrected chi connectivity index (χ1v) is 15.8. The SMILES string of the molecule is COC1CCN(C(=O)/C([O-])=C/C(C)=O)CC1.COC1CCN(C(=O)/C([O-])=C/C(C)=O)CC1.COC1CCN(C(=O)/C([O-])=C/C(C)=O)CC1.[Fe+3]. The fourth-order valence-electron chi connectivity index (χ4n) is 5.09. The molecule has 0 N–H and O–H groups in total. The van der Waals surface area contributed by atoms with Crippen molar-refractivity contribution in [3.8, 4) is 0 Å². The predicted octanol–water partition coefficient (Wildman–Crippen LogP) is -1.63. The van der Waals surface area contributed by atoms with E-state index in [9.17, 15) is 44.1 Å². The van der Waals surface area contributed by atoms with E-state index in [-0.39, 0.29) is 35.4 Å². The molecule has 3 aliphatic rings. The molecular formula is C33H48FeN3O12. The Hall–Kier alpha value is -3.56. The molecule has 0 aromatic heterocycles. The molecule has 3 rings (SSSR count). The van der Waals surface area contributed by atoms with Gasteiger partial charge in [-0.25, -0.2) is 0 Å². The van der Waals surface area contributed by atoms with Gasteiger partial charge in [0.2, 0.25) is 17.7 Å². The monoisotopic (exact) mass is 734 g/mol. The molecule has 3 saturated heterocycles. The maximum atomic E-state index is 11.6. The van der Waals surface area contributed by atoms with Gasteiger partial charge in [0.15, 0.2) is 17.3 Å². The molecule has 3 amide bonds. The van der Waals surface area contributed by atoms with Crippen LogP contribution in [0.5, 0.6) is 0 Å². The van der Waals surface area contributed by atoms with Crippen LogP contribution in [0.2, 0.25) is 0 Å². The summed E-state index contributed by atoms with van der Waals surface area (Å²) in [6, 6.07) is 0. The van der Waals surface area contributed by atoms with Gasteiger partial charge in [-0.15, -0.1) is 0 Å². The summed E-state index contributed by atoms with van der Waals surface area (Å²) in [5.41, 5.74) is 0. The molecule has 3 aliphatic heterocycles. The molecule has 0 aromatic rings. The molecule has 275 valence electrons. The van der Waals surface area contributed by atoms with Crippen LogP contribution >= 0.6 is 0 Å². The first-order valence-electron chi connectivity index (χ1n) is 15.8. The van der Waals surface area contributed by atoms with Crippen LogP contribution in [0.4, 0.5) is 0 Å². The minimum atomic E-state index is -0.733. The van der Waals surface area contributed by atoms with Crippen molar-refractivity contribution in [3.63, 3.8) is 0 Å². The van der Waals surface area contributed by atoms with Crippen LogP contribution < -0.4 is 15.3 Å². The van der Waals surface area contributed by atoms with E-state index in [4.69, 9.17) is 14.2 Å². The molecule has 16 heteroatoms.